The molecule has 2 fully saturated rings. The van der Waals surface area contributed by atoms with Crippen molar-refractivity contribution in [2.75, 3.05) is 73.0 Å². The number of pyridine rings is 1. The van der Waals surface area contributed by atoms with Crippen molar-refractivity contribution in [1.29, 1.82) is 5.26 Å². The number of halogens is 2. The fourth-order valence-electron chi connectivity index (χ4n) is 6.33. The predicted molar refractivity (Wildman–Crippen MR) is 194 cm³/mol. The number of fused-ring (bicyclic) bond motifs is 1. The number of likely N-dealkylation sites (N-methyl/N-ethyl adjacent to an activating group) is 1. The second-order valence-corrected chi connectivity index (χ2v) is 13.7. The number of amides is 2. The van der Waals surface area contributed by atoms with Gasteiger partial charge in [0.15, 0.2) is 0 Å². The van der Waals surface area contributed by atoms with Gasteiger partial charge >= 0.3 is 0 Å². The summed E-state index contributed by atoms with van der Waals surface area (Å²) in [5, 5.41) is 13.7. The number of piperazine rings is 1. The maximum absolute atomic E-state index is 14.1. The molecule has 2 saturated heterocycles. The van der Waals surface area contributed by atoms with Gasteiger partial charge in [0.25, 0.3) is 11.5 Å². The first-order chi connectivity index (χ1) is 24.3. The summed E-state index contributed by atoms with van der Waals surface area (Å²) in [5.74, 6) is 0.586. The fraction of sp³-hybridized carbons (Fsp3) is 0.486. The molecule has 0 bridgehead atoms. The summed E-state index contributed by atoms with van der Waals surface area (Å²) in [6.45, 7) is 6.41. The molecule has 51 heavy (non-hydrogen) atoms. The van der Waals surface area contributed by atoms with Crippen LogP contribution in [0.2, 0.25) is 10.0 Å². The van der Waals surface area contributed by atoms with E-state index in [1.807, 2.05) is 18.7 Å². The number of hydrogen-bond donors (Lipinski definition) is 1. The number of piperidine rings is 1. The van der Waals surface area contributed by atoms with Crippen LogP contribution < -0.4 is 20.3 Å². The molecule has 1 N–H and O–H groups in total. The van der Waals surface area contributed by atoms with Gasteiger partial charge in [-0.15, -0.1) is 0 Å². The maximum Gasteiger partial charge on any atom is 0.264 e. The number of methoxy groups -OCH3 is 2. The van der Waals surface area contributed by atoms with Gasteiger partial charge in [0.05, 0.1) is 55.6 Å². The van der Waals surface area contributed by atoms with E-state index in [1.54, 1.807) is 48.3 Å². The Morgan fingerprint density at radius 1 is 1.10 bits per heavy atom. The highest BCUT2D eigenvalue weighted by atomic mass is 35.5. The number of likely N-dealkylation sites (tertiary alicyclic amines) is 1. The number of ether oxygens (including phenoxy) is 3. The molecule has 0 spiro atoms. The highest BCUT2D eigenvalue weighted by Crippen LogP contribution is 2.45. The smallest absolute Gasteiger partial charge is 0.264 e. The summed E-state index contributed by atoms with van der Waals surface area (Å²) < 4.78 is 18.6. The van der Waals surface area contributed by atoms with Gasteiger partial charge in [-0.05, 0) is 38.8 Å². The molecule has 0 saturated carbocycles. The van der Waals surface area contributed by atoms with Crippen LogP contribution in [0.4, 0.5) is 5.95 Å². The Kier molecular flexibility index (Phi) is 11.8. The number of benzene rings is 1. The summed E-state index contributed by atoms with van der Waals surface area (Å²) in [5.41, 5.74) is -0.135. The Balaban J connectivity index is 1.30. The molecule has 5 rings (SSSR count). The second-order valence-electron chi connectivity index (χ2n) is 12.9. The number of nitrogens with one attached hydrogen (secondary N) is 1. The zero-order chi connectivity index (χ0) is 37.0. The minimum atomic E-state index is -0.660. The van der Waals surface area contributed by atoms with Crippen LogP contribution in [0.25, 0.3) is 22.2 Å². The average Bonchev–Trinajstić information content (AvgIpc) is 3.12. The third-order valence-electron chi connectivity index (χ3n) is 9.41. The van der Waals surface area contributed by atoms with Gasteiger partial charge in [0, 0.05) is 69.0 Å². The quantitative estimate of drug-likeness (QED) is 0.225. The van der Waals surface area contributed by atoms with E-state index in [0.717, 1.165) is 0 Å². The summed E-state index contributed by atoms with van der Waals surface area (Å²) >= 11 is 13.4. The zero-order valence-electron chi connectivity index (χ0n) is 29.6. The molecular formula is C35H42Cl2N8O6. The van der Waals surface area contributed by atoms with Crippen molar-refractivity contribution in [1.82, 2.24) is 29.2 Å². The van der Waals surface area contributed by atoms with Crippen LogP contribution in [0.1, 0.15) is 26.7 Å². The number of nitrogens with zero attached hydrogens (tertiary/aromatic N) is 7. The Morgan fingerprint density at radius 3 is 2.35 bits per heavy atom. The number of nitriles is 1. The molecule has 16 heteroatoms. The molecule has 0 aliphatic carbocycles. The lowest BCUT2D eigenvalue weighted by molar-refractivity contribution is -0.136. The van der Waals surface area contributed by atoms with Gasteiger partial charge in [0.2, 0.25) is 11.9 Å². The van der Waals surface area contributed by atoms with Gasteiger partial charge < -0.3 is 29.3 Å². The molecule has 2 aromatic heterocycles. The minimum Gasteiger partial charge on any atom is -0.495 e. The van der Waals surface area contributed by atoms with Crippen LogP contribution in [-0.2, 0) is 20.9 Å². The standard InChI is InChI=1S/C35H42Cl2N8O6/c1-35(2,44-12-11-42(4)27(46)20-44)17-22(18-38)32(47)43-9-7-23(8-10-43)51-14-13-45-31-21(19-40-34(39-3)41-31)15-24(33(45)48)28-29(36)25(49-5)16-26(50-6)30(28)37/h15-17,19,23H,7-14,20H2,1-6H3,(H,39,40,41)/b22-17-. The van der Waals surface area contributed by atoms with Gasteiger partial charge in [0.1, 0.15) is 28.8 Å². The number of rotatable bonds is 11. The molecule has 272 valence electrons. The first kappa shape index (κ1) is 37.8. The number of anilines is 1. The summed E-state index contributed by atoms with van der Waals surface area (Å²) in [4.78, 5) is 54.0. The van der Waals surface area contributed by atoms with Crippen LogP contribution in [0, 0.1) is 11.3 Å². The van der Waals surface area contributed by atoms with Crippen molar-refractivity contribution >= 4 is 52.0 Å². The Bertz CT molecular complexity index is 1920. The van der Waals surface area contributed by atoms with Crippen LogP contribution in [0.5, 0.6) is 11.5 Å². The molecule has 3 aromatic rings. The van der Waals surface area contributed by atoms with Gasteiger partial charge in [-0.25, -0.2) is 4.98 Å². The van der Waals surface area contributed by atoms with E-state index in [-0.39, 0.29) is 64.4 Å². The topological polar surface area (TPSA) is 155 Å². The highest BCUT2D eigenvalue weighted by Gasteiger charge is 2.34. The lowest BCUT2D eigenvalue weighted by Crippen LogP contribution is -2.55. The van der Waals surface area contributed by atoms with Crippen molar-refractivity contribution in [2.45, 2.75) is 44.9 Å². The van der Waals surface area contributed by atoms with Crippen molar-refractivity contribution in [3.8, 4) is 28.7 Å². The van der Waals surface area contributed by atoms with Crippen LogP contribution >= 0.6 is 23.2 Å². The zero-order valence-corrected chi connectivity index (χ0v) is 31.1. The average molecular weight is 742 g/mol. The van der Waals surface area contributed by atoms with E-state index in [4.69, 9.17) is 37.4 Å². The molecule has 0 radical (unpaired) electrons. The molecule has 14 nitrogen and oxygen atoms in total. The maximum atomic E-state index is 14.1. The summed E-state index contributed by atoms with van der Waals surface area (Å²) in [6.07, 6.45) is 4.21. The van der Waals surface area contributed by atoms with Crippen molar-refractivity contribution in [3.05, 3.63) is 50.4 Å². The third kappa shape index (κ3) is 7.92. The van der Waals surface area contributed by atoms with Crippen LogP contribution in [-0.4, -0.2) is 120 Å². The van der Waals surface area contributed by atoms with Gasteiger partial charge in [-0.3, -0.25) is 23.9 Å². The minimum absolute atomic E-state index is 0.00251. The van der Waals surface area contributed by atoms with Crippen LogP contribution in [0.3, 0.4) is 0 Å². The molecule has 0 atom stereocenters. The first-order valence-electron chi connectivity index (χ1n) is 16.5. The molecule has 1 aromatic carbocycles. The second kappa shape index (κ2) is 15.9. The Morgan fingerprint density at radius 2 is 1.76 bits per heavy atom. The predicted octanol–water partition coefficient (Wildman–Crippen LogP) is 3.83. The number of hydrogen-bond acceptors (Lipinski definition) is 11. The first-order valence-corrected chi connectivity index (χ1v) is 17.3. The lowest BCUT2D eigenvalue weighted by atomic mass is 9.97. The normalized spacial score (nSPS) is 16.4. The molecule has 2 aliphatic heterocycles. The van der Waals surface area contributed by atoms with Crippen molar-refractivity contribution < 1.29 is 23.8 Å². The van der Waals surface area contributed by atoms with E-state index in [2.05, 4.69) is 21.4 Å². The third-order valence-corrected chi connectivity index (χ3v) is 10.2. The number of carbonyl (C=O) groups is 2. The summed E-state index contributed by atoms with van der Waals surface area (Å²) in [7, 11) is 6.37. The molecule has 4 heterocycles. The molecule has 2 aliphatic rings. The Labute approximate surface area is 306 Å². The fourth-order valence-corrected chi connectivity index (χ4v) is 7.04. The van der Waals surface area contributed by atoms with E-state index >= 15 is 0 Å². The van der Waals surface area contributed by atoms with E-state index in [9.17, 15) is 19.6 Å². The number of carbonyl (C=O) groups excluding carboxylic acids is 2. The lowest BCUT2D eigenvalue weighted by Gasteiger charge is -2.41. The van der Waals surface area contributed by atoms with Crippen molar-refractivity contribution in [2.24, 2.45) is 0 Å². The SMILES string of the molecule is CNc1ncc2cc(-c3c(Cl)c(OC)cc(OC)c3Cl)c(=O)n(CCOC3CCN(C(=O)/C(C#N)=C\C(C)(C)N4CCN(C)C(=O)C4)CC3)c2n1. The highest BCUT2D eigenvalue weighted by molar-refractivity contribution is 6.41. The molecule has 0 unspecified atom stereocenters. The van der Waals surface area contributed by atoms with Crippen LogP contribution in [0.15, 0.2) is 34.8 Å². The van der Waals surface area contributed by atoms with E-state index < -0.39 is 11.1 Å². The largest absolute Gasteiger partial charge is 0.495 e. The number of aromatic nitrogens is 3. The molecular weight excluding hydrogens is 699 g/mol. The molecule has 2 amide bonds. The Hall–Kier alpha value is -4.42. The van der Waals surface area contributed by atoms with Gasteiger partial charge in [-0.2, -0.15) is 10.2 Å². The van der Waals surface area contributed by atoms with E-state index in [1.165, 1.54) is 18.8 Å². The van der Waals surface area contributed by atoms with Crippen molar-refractivity contribution in [3.63, 3.8) is 0 Å². The monoisotopic (exact) mass is 740 g/mol. The van der Waals surface area contributed by atoms with E-state index in [0.29, 0.717) is 67.5 Å². The van der Waals surface area contributed by atoms with Gasteiger partial charge in [-0.1, -0.05) is 23.2 Å². The summed E-state index contributed by atoms with van der Waals surface area (Å²) in [6, 6.07) is 5.28.